The number of carboxylic acids is 3. The van der Waals surface area contributed by atoms with Gasteiger partial charge in [0.25, 0.3) is 0 Å². The van der Waals surface area contributed by atoms with Gasteiger partial charge in [-0.25, -0.2) is 0 Å². The Morgan fingerprint density at radius 3 is 0.750 bits per heavy atom. The maximum absolute atomic E-state index is 9.01. The van der Waals surface area contributed by atoms with E-state index in [1.807, 2.05) is 0 Å². The van der Waals surface area contributed by atoms with Crippen LogP contribution in [0.25, 0.3) is 0 Å². The van der Waals surface area contributed by atoms with Gasteiger partial charge in [-0.2, -0.15) is 0 Å². The van der Waals surface area contributed by atoms with Crippen molar-refractivity contribution in [3.8, 4) is 0 Å². The van der Waals surface area contributed by atoms with E-state index in [-0.39, 0.29) is 41.7 Å². The van der Waals surface area contributed by atoms with Gasteiger partial charge in [-0.05, 0) is 0 Å². The Morgan fingerprint density at radius 2 is 0.750 bits per heavy atom. The number of aliphatic hydroxyl groups is 3. The van der Waals surface area contributed by atoms with Crippen LogP contribution in [-0.2, 0) is 14.4 Å². The smallest absolute Gasteiger partial charge is 0.548 e. The van der Waals surface area contributed by atoms with Crippen LogP contribution in [0.2, 0.25) is 0 Å². The average molecular weight is 365 g/mol. The molecule has 10 heteroatoms. The zero-order valence-electron chi connectivity index (χ0n) is 7.91. The first kappa shape index (κ1) is 24.8. The molecule has 0 aromatic rings. The minimum atomic E-state index is -1.44. The molecule has 0 amide bonds. The first-order chi connectivity index (χ1) is 6.81. The molecule has 0 atom stereocenters. The van der Waals surface area contributed by atoms with E-state index in [0.29, 0.717) is 0 Å². The number of hydrogen-bond acceptors (Lipinski definition) is 9. The topological polar surface area (TPSA) is 181 Å². The summed E-state index contributed by atoms with van der Waals surface area (Å²) in [6, 6.07) is 0. The Bertz CT molecular complexity index is 159. The predicted octanol–water partition coefficient (Wildman–Crippen LogP) is -6.81. The molecule has 3 N–H and O–H groups in total. The molecule has 0 spiro atoms. The van der Waals surface area contributed by atoms with E-state index < -0.39 is 37.7 Å². The van der Waals surface area contributed by atoms with E-state index in [9.17, 15) is 0 Å². The zero-order chi connectivity index (χ0) is 12.9. The molecule has 91 valence electrons. The van der Waals surface area contributed by atoms with Gasteiger partial charge in [0.05, 0.1) is 37.7 Å². The zero-order valence-corrected chi connectivity index (χ0v) is 11.1. The Balaban J connectivity index is -0.0000000655. The summed E-state index contributed by atoms with van der Waals surface area (Å²) in [6.45, 7) is -2.67. The van der Waals surface area contributed by atoms with E-state index in [4.69, 9.17) is 45.0 Å². The van der Waals surface area contributed by atoms with Crippen molar-refractivity contribution in [3.63, 3.8) is 0 Å². The van der Waals surface area contributed by atoms with Gasteiger partial charge in [-0.15, -0.1) is 0 Å². The number of carbonyl (C=O) groups excluding carboxylic acids is 3. The fourth-order valence-corrected chi connectivity index (χ4v) is 0. The van der Waals surface area contributed by atoms with Crippen molar-refractivity contribution in [1.29, 1.82) is 0 Å². The molecular formula is C6H9CeO9. The summed E-state index contributed by atoms with van der Waals surface area (Å²) >= 11 is 0. The average Bonchev–Trinajstić information content (AvgIpc) is 2.19. The van der Waals surface area contributed by atoms with E-state index in [2.05, 4.69) is 0 Å². The molecule has 0 aliphatic heterocycles. The number of hydrogen-bond donors (Lipinski definition) is 3. The number of aliphatic carboxylic acids is 3. The van der Waals surface area contributed by atoms with Crippen LogP contribution in [0, 0.1) is 41.7 Å². The SMILES string of the molecule is O=C([O-])CO.O=C([O-])CO.O=C([O-])CO.[Ce+3]. The summed E-state index contributed by atoms with van der Waals surface area (Å²) in [5.74, 6) is -4.32. The summed E-state index contributed by atoms with van der Waals surface area (Å²) in [5.41, 5.74) is 0. The Morgan fingerprint density at radius 1 is 0.688 bits per heavy atom. The molecule has 0 rings (SSSR count). The molecule has 0 saturated carbocycles. The van der Waals surface area contributed by atoms with Crippen LogP contribution < -0.4 is 15.3 Å². The molecule has 0 unspecified atom stereocenters. The largest absolute Gasteiger partial charge is 3.00 e. The molecular weight excluding hydrogens is 356 g/mol. The Labute approximate surface area is 124 Å². The predicted molar refractivity (Wildman–Crippen MR) is 36.3 cm³/mol. The van der Waals surface area contributed by atoms with E-state index in [0.717, 1.165) is 0 Å². The molecule has 16 heavy (non-hydrogen) atoms. The van der Waals surface area contributed by atoms with Crippen molar-refractivity contribution in [2.45, 2.75) is 0 Å². The van der Waals surface area contributed by atoms with E-state index >= 15 is 0 Å². The van der Waals surface area contributed by atoms with Crippen LogP contribution in [0.3, 0.4) is 0 Å². The Kier molecular flexibility index (Phi) is 31.1. The fourth-order valence-electron chi connectivity index (χ4n) is 0. The second-order valence-electron chi connectivity index (χ2n) is 1.59. The van der Waals surface area contributed by atoms with Crippen LogP contribution >= 0.6 is 0 Å². The molecule has 0 aliphatic carbocycles. The fraction of sp³-hybridized carbons (Fsp3) is 0.500. The second kappa shape index (κ2) is 20.1. The molecule has 0 aromatic heterocycles. The summed E-state index contributed by atoms with van der Waals surface area (Å²) in [4.78, 5) is 27.0. The minimum Gasteiger partial charge on any atom is -0.548 e. The normalized spacial score (nSPS) is 6.94. The first-order valence-electron chi connectivity index (χ1n) is 3.23. The molecule has 0 heterocycles. The van der Waals surface area contributed by atoms with E-state index in [1.165, 1.54) is 0 Å². The van der Waals surface area contributed by atoms with Crippen molar-refractivity contribution in [1.82, 2.24) is 0 Å². The molecule has 1 radical (unpaired) electrons. The Hall–Kier alpha value is -0.333. The standard InChI is InChI=1S/3C2H4O3.Ce/c3*3-1-2(4)5;/h3*3H,1H2,(H,4,5);/q;;;+3/p-3. The quantitative estimate of drug-likeness (QED) is 0.438. The van der Waals surface area contributed by atoms with Crippen LogP contribution in [0.5, 0.6) is 0 Å². The van der Waals surface area contributed by atoms with Crippen molar-refractivity contribution in [3.05, 3.63) is 0 Å². The van der Waals surface area contributed by atoms with Crippen molar-refractivity contribution < 1.29 is 86.8 Å². The van der Waals surface area contributed by atoms with E-state index in [1.54, 1.807) is 0 Å². The van der Waals surface area contributed by atoms with Crippen LogP contribution in [0.1, 0.15) is 0 Å². The van der Waals surface area contributed by atoms with Crippen LogP contribution in [0.15, 0.2) is 0 Å². The second-order valence-corrected chi connectivity index (χ2v) is 1.59. The first-order valence-corrected chi connectivity index (χ1v) is 3.23. The third kappa shape index (κ3) is 68.3. The monoisotopic (exact) mass is 365 g/mol. The maximum Gasteiger partial charge on any atom is 3.00 e. The van der Waals surface area contributed by atoms with Crippen LogP contribution in [0.4, 0.5) is 0 Å². The number of carbonyl (C=O) groups is 3. The maximum atomic E-state index is 9.01. The molecule has 0 bridgehead atoms. The van der Waals surface area contributed by atoms with Crippen molar-refractivity contribution in [2.75, 3.05) is 19.8 Å². The van der Waals surface area contributed by atoms with Gasteiger partial charge in [0, 0.05) is 0 Å². The molecule has 0 aliphatic rings. The number of rotatable bonds is 3. The van der Waals surface area contributed by atoms with Crippen molar-refractivity contribution >= 4 is 17.9 Å². The van der Waals surface area contributed by atoms with Gasteiger partial charge < -0.3 is 45.0 Å². The molecule has 0 fully saturated rings. The van der Waals surface area contributed by atoms with Gasteiger partial charge in [0.15, 0.2) is 0 Å². The van der Waals surface area contributed by atoms with Gasteiger partial charge in [0.2, 0.25) is 0 Å². The number of carboxylic acid groups (broad SMARTS) is 3. The van der Waals surface area contributed by atoms with Crippen molar-refractivity contribution in [2.24, 2.45) is 0 Å². The summed E-state index contributed by atoms with van der Waals surface area (Å²) in [5, 5.41) is 49.5. The van der Waals surface area contributed by atoms with Gasteiger partial charge >= 0.3 is 41.7 Å². The minimum absolute atomic E-state index is 0. The third-order valence-corrected chi connectivity index (χ3v) is 0.387. The number of aliphatic hydroxyl groups excluding tert-OH is 3. The van der Waals surface area contributed by atoms with Crippen LogP contribution in [-0.4, -0.2) is 53.0 Å². The third-order valence-electron chi connectivity index (χ3n) is 0.387. The molecule has 9 nitrogen and oxygen atoms in total. The summed E-state index contributed by atoms with van der Waals surface area (Å²) < 4.78 is 0. The summed E-state index contributed by atoms with van der Waals surface area (Å²) in [6.07, 6.45) is 0. The molecule has 0 aromatic carbocycles. The van der Waals surface area contributed by atoms with Gasteiger partial charge in [-0.3, -0.25) is 0 Å². The van der Waals surface area contributed by atoms with Gasteiger partial charge in [0.1, 0.15) is 0 Å². The summed E-state index contributed by atoms with van der Waals surface area (Å²) in [7, 11) is 0. The van der Waals surface area contributed by atoms with Gasteiger partial charge in [-0.1, -0.05) is 0 Å². The molecule has 0 saturated heterocycles.